The molecular formula is C16H25N3O2. The van der Waals surface area contributed by atoms with Crippen molar-refractivity contribution in [2.24, 2.45) is 11.8 Å². The summed E-state index contributed by atoms with van der Waals surface area (Å²) in [5.74, 6) is 2.39. The van der Waals surface area contributed by atoms with Gasteiger partial charge >= 0.3 is 0 Å². The average Bonchev–Trinajstić information content (AvgIpc) is 3.29. The number of carbonyl (C=O) groups excluding carboxylic acids is 1. The fourth-order valence-electron chi connectivity index (χ4n) is 3.19. The van der Waals surface area contributed by atoms with Gasteiger partial charge in [0.2, 0.25) is 5.91 Å². The van der Waals surface area contributed by atoms with Crippen LogP contribution in [0.1, 0.15) is 37.2 Å². The zero-order valence-corrected chi connectivity index (χ0v) is 13.0. The Morgan fingerprint density at radius 1 is 1.33 bits per heavy atom. The molecule has 1 aliphatic heterocycles. The van der Waals surface area contributed by atoms with Crippen molar-refractivity contribution in [1.82, 2.24) is 14.5 Å². The molecule has 1 aliphatic carbocycles. The third-order valence-electron chi connectivity index (χ3n) is 4.70. The van der Waals surface area contributed by atoms with Crippen molar-refractivity contribution < 1.29 is 9.53 Å². The van der Waals surface area contributed by atoms with Crippen LogP contribution in [0.4, 0.5) is 0 Å². The molecule has 1 saturated carbocycles. The Morgan fingerprint density at radius 3 is 2.67 bits per heavy atom. The van der Waals surface area contributed by atoms with Crippen molar-refractivity contribution in [3.8, 4) is 0 Å². The lowest BCUT2D eigenvalue weighted by Crippen LogP contribution is -2.40. The van der Waals surface area contributed by atoms with Gasteiger partial charge in [0.25, 0.3) is 0 Å². The summed E-state index contributed by atoms with van der Waals surface area (Å²) in [4.78, 5) is 18.6. The molecule has 1 saturated heterocycles. The number of imidazole rings is 1. The lowest BCUT2D eigenvalue weighted by Gasteiger charge is -2.32. The van der Waals surface area contributed by atoms with Gasteiger partial charge in [0, 0.05) is 44.6 Å². The molecule has 21 heavy (non-hydrogen) atoms. The highest BCUT2D eigenvalue weighted by molar-refractivity contribution is 5.81. The van der Waals surface area contributed by atoms with Crippen LogP contribution in [0.5, 0.6) is 0 Å². The minimum absolute atomic E-state index is 0.353. The molecule has 1 amide bonds. The SMILES string of the molecule is COCc1ncc(C)n1CC1CCN(C(=O)C2CC2)CC1. The van der Waals surface area contributed by atoms with Crippen LogP contribution in [0.15, 0.2) is 6.20 Å². The van der Waals surface area contributed by atoms with E-state index in [1.807, 2.05) is 6.20 Å². The molecule has 0 spiro atoms. The van der Waals surface area contributed by atoms with Crippen LogP contribution in [0.25, 0.3) is 0 Å². The Bertz CT molecular complexity index is 500. The van der Waals surface area contributed by atoms with Gasteiger partial charge < -0.3 is 14.2 Å². The standard InChI is InChI=1S/C16H25N3O2/c1-12-9-17-15(11-21-2)19(12)10-13-5-7-18(8-6-13)16(20)14-3-4-14/h9,13-14H,3-8,10-11H2,1-2H3. The summed E-state index contributed by atoms with van der Waals surface area (Å²) in [6, 6.07) is 0. The Labute approximate surface area is 126 Å². The molecule has 0 aromatic carbocycles. The quantitative estimate of drug-likeness (QED) is 0.833. The topological polar surface area (TPSA) is 47.4 Å². The highest BCUT2D eigenvalue weighted by Crippen LogP contribution is 2.32. The van der Waals surface area contributed by atoms with Crippen molar-refractivity contribution in [2.45, 2.75) is 45.8 Å². The minimum atomic E-state index is 0.353. The first-order valence-electron chi connectivity index (χ1n) is 7.97. The van der Waals surface area contributed by atoms with E-state index in [1.165, 1.54) is 5.69 Å². The lowest BCUT2D eigenvalue weighted by molar-refractivity contribution is -0.134. The monoisotopic (exact) mass is 291 g/mol. The van der Waals surface area contributed by atoms with E-state index in [2.05, 4.69) is 21.4 Å². The zero-order valence-electron chi connectivity index (χ0n) is 13.0. The highest BCUT2D eigenvalue weighted by Gasteiger charge is 2.34. The lowest BCUT2D eigenvalue weighted by atomic mass is 9.96. The Morgan fingerprint density at radius 2 is 2.05 bits per heavy atom. The van der Waals surface area contributed by atoms with E-state index >= 15 is 0 Å². The summed E-state index contributed by atoms with van der Waals surface area (Å²) >= 11 is 0. The molecule has 3 rings (SSSR count). The molecule has 5 heteroatoms. The molecule has 0 bridgehead atoms. The van der Waals surface area contributed by atoms with Crippen LogP contribution in [-0.4, -0.2) is 40.6 Å². The summed E-state index contributed by atoms with van der Waals surface area (Å²) < 4.78 is 7.49. The fraction of sp³-hybridized carbons (Fsp3) is 0.750. The predicted octanol–water partition coefficient (Wildman–Crippen LogP) is 1.99. The first-order valence-corrected chi connectivity index (χ1v) is 7.97. The number of amides is 1. The maximum Gasteiger partial charge on any atom is 0.225 e. The van der Waals surface area contributed by atoms with Crippen molar-refractivity contribution in [3.05, 3.63) is 17.7 Å². The maximum atomic E-state index is 12.1. The van der Waals surface area contributed by atoms with Crippen molar-refractivity contribution in [3.63, 3.8) is 0 Å². The van der Waals surface area contributed by atoms with Crippen LogP contribution in [0, 0.1) is 18.8 Å². The first kappa shape index (κ1) is 14.6. The highest BCUT2D eigenvalue weighted by atomic mass is 16.5. The number of nitrogens with zero attached hydrogens (tertiary/aromatic N) is 3. The normalized spacial score (nSPS) is 20.0. The third kappa shape index (κ3) is 3.28. The summed E-state index contributed by atoms with van der Waals surface area (Å²) in [5, 5.41) is 0. The fourth-order valence-corrected chi connectivity index (χ4v) is 3.19. The van der Waals surface area contributed by atoms with Crippen LogP contribution < -0.4 is 0 Å². The molecule has 2 fully saturated rings. The summed E-state index contributed by atoms with van der Waals surface area (Å²) in [6.45, 7) is 5.50. The first-order chi connectivity index (χ1) is 10.2. The van der Waals surface area contributed by atoms with E-state index < -0.39 is 0 Å². The van der Waals surface area contributed by atoms with E-state index in [0.717, 1.165) is 51.1 Å². The molecule has 5 nitrogen and oxygen atoms in total. The Balaban J connectivity index is 1.55. The maximum absolute atomic E-state index is 12.1. The molecule has 0 unspecified atom stereocenters. The molecule has 1 aromatic rings. The van der Waals surface area contributed by atoms with Crippen molar-refractivity contribution >= 4 is 5.91 Å². The van der Waals surface area contributed by atoms with Gasteiger partial charge in [0.1, 0.15) is 12.4 Å². The van der Waals surface area contributed by atoms with Gasteiger partial charge in [-0.2, -0.15) is 0 Å². The number of likely N-dealkylation sites (tertiary alicyclic amines) is 1. The van der Waals surface area contributed by atoms with Gasteiger partial charge in [-0.05, 0) is 38.5 Å². The molecule has 2 heterocycles. The van der Waals surface area contributed by atoms with E-state index in [9.17, 15) is 4.79 Å². The van der Waals surface area contributed by atoms with E-state index in [-0.39, 0.29) is 0 Å². The number of hydrogen-bond donors (Lipinski definition) is 0. The zero-order chi connectivity index (χ0) is 14.8. The van der Waals surface area contributed by atoms with E-state index in [4.69, 9.17) is 4.74 Å². The van der Waals surface area contributed by atoms with Gasteiger partial charge in [0.05, 0.1) is 0 Å². The molecule has 0 N–H and O–H groups in total. The van der Waals surface area contributed by atoms with Crippen LogP contribution in [-0.2, 0) is 22.7 Å². The Hall–Kier alpha value is -1.36. The summed E-state index contributed by atoms with van der Waals surface area (Å²) in [5.41, 5.74) is 1.19. The van der Waals surface area contributed by atoms with Crippen molar-refractivity contribution in [1.29, 1.82) is 0 Å². The van der Waals surface area contributed by atoms with Crippen LogP contribution in [0.2, 0.25) is 0 Å². The summed E-state index contributed by atoms with van der Waals surface area (Å²) in [6.07, 6.45) is 6.33. The predicted molar refractivity (Wildman–Crippen MR) is 79.7 cm³/mol. The van der Waals surface area contributed by atoms with Crippen molar-refractivity contribution in [2.75, 3.05) is 20.2 Å². The number of rotatable bonds is 5. The molecule has 2 aliphatic rings. The Kier molecular flexibility index (Phi) is 4.29. The number of aromatic nitrogens is 2. The van der Waals surface area contributed by atoms with Crippen LogP contribution in [0.3, 0.4) is 0 Å². The second-order valence-corrected chi connectivity index (χ2v) is 6.40. The average molecular weight is 291 g/mol. The molecule has 116 valence electrons. The van der Waals surface area contributed by atoms with Gasteiger partial charge in [0.15, 0.2) is 0 Å². The van der Waals surface area contributed by atoms with Crippen LogP contribution >= 0.6 is 0 Å². The minimum Gasteiger partial charge on any atom is -0.377 e. The number of aryl methyl sites for hydroxylation is 1. The van der Waals surface area contributed by atoms with Gasteiger partial charge in [-0.15, -0.1) is 0 Å². The molecule has 1 aromatic heterocycles. The number of carbonyl (C=O) groups is 1. The smallest absolute Gasteiger partial charge is 0.225 e. The van der Waals surface area contributed by atoms with Gasteiger partial charge in [-0.1, -0.05) is 0 Å². The molecular weight excluding hydrogens is 266 g/mol. The second-order valence-electron chi connectivity index (χ2n) is 6.40. The number of ether oxygens (including phenoxy) is 1. The van der Waals surface area contributed by atoms with E-state index in [1.54, 1.807) is 7.11 Å². The van der Waals surface area contributed by atoms with Gasteiger partial charge in [-0.3, -0.25) is 4.79 Å². The second kappa shape index (κ2) is 6.18. The third-order valence-corrected chi connectivity index (χ3v) is 4.70. The molecule has 0 radical (unpaired) electrons. The molecule has 0 atom stereocenters. The van der Waals surface area contributed by atoms with E-state index in [0.29, 0.717) is 24.3 Å². The number of hydrogen-bond acceptors (Lipinski definition) is 3. The number of piperidine rings is 1. The van der Waals surface area contributed by atoms with Gasteiger partial charge in [-0.25, -0.2) is 4.98 Å². The largest absolute Gasteiger partial charge is 0.377 e. The number of methoxy groups -OCH3 is 1. The summed E-state index contributed by atoms with van der Waals surface area (Å²) in [7, 11) is 1.70.